The SMILES string of the molecule is O=c1[nH]cc(-n2c(SCc3c(F)cc(F)cc3Cl)nc3ncsc3c2=O)cc1F. The van der Waals surface area contributed by atoms with Crippen LogP contribution in [0.3, 0.4) is 0 Å². The molecule has 0 bridgehead atoms. The quantitative estimate of drug-likeness (QED) is 0.372. The van der Waals surface area contributed by atoms with Crippen molar-refractivity contribution < 1.29 is 13.2 Å². The van der Waals surface area contributed by atoms with E-state index in [9.17, 15) is 22.8 Å². The van der Waals surface area contributed by atoms with Gasteiger partial charge >= 0.3 is 0 Å². The minimum Gasteiger partial charge on any atom is -0.324 e. The lowest BCUT2D eigenvalue weighted by Gasteiger charge is -2.12. The van der Waals surface area contributed by atoms with Crippen molar-refractivity contribution in [2.75, 3.05) is 0 Å². The van der Waals surface area contributed by atoms with Crippen molar-refractivity contribution in [2.45, 2.75) is 10.9 Å². The van der Waals surface area contributed by atoms with Gasteiger partial charge in [0.05, 0.1) is 16.2 Å². The van der Waals surface area contributed by atoms with E-state index in [4.69, 9.17) is 11.6 Å². The number of rotatable bonds is 4. The molecular weight excluding hydrogens is 449 g/mol. The summed E-state index contributed by atoms with van der Waals surface area (Å²) in [6.45, 7) is 0. The predicted molar refractivity (Wildman–Crippen MR) is 105 cm³/mol. The van der Waals surface area contributed by atoms with Gasteiger partial charge in [0.15, 0.2) is 16.6 Å². The van der Waals surface area contributed by atoms with Crippen LogP contribution in [0.2, 0.25) is 5.02 Å². The highest BCUT2D eigenvalue weighted by Crippen LogP contribution is 2.30. The number of nitrogens with one attached hydrogen (secondary N) is 1. The van der Waals surface area contributed by atoms with Gasteiger partial charge in [-0.25, -0.2) is 23.1 Å². The molecule has 0 saturated heterocycles. The van der Waals surface area contributed by atoms with Crippen molar-refractivity contribution in [1.29, 1.82) is 0 Å². The maximum atomic E-state index is 14.1. The molecule has 0 aliphatic rings. The molecule has 0 radical (unpaired) electrons. The summed E-state index contributed by atoms with van der Waals surface area (Å²) in [5.41, 5.74) is 0.185. The van der Waals surface area contributed by atoms with Crippen molar-refractivity contribution in [3.63, 3.8) is 0 Å². The third kappa shape index (κ3) is 3.68. The fraction of sp³-hybridized carbons (Fsp3) is 0.0588. The van der Waals surface area contributed by atoms with Crippen LogP contribution in [0.1, 0.15) is 5.56 Å². The summed E-state index contributed by atoms with van der Waals surface area (Å²) in [5.74, 6) is -2.83. The van der Waals surface area contributed by atoms with Crippen molar-refractivity contribution in [2.24, 2.45) is 0 Å². The second-order valence-corrected chi connectivity index (χ2v) is 7.92. The van der Waals surface area contributed by atoms with Crippen LogP contribution in [-0.2, 0) is 5.75 Å². The zero-order valence-corrected chi connectivity index (χ0v) is 16.5. The summed E-state index contributed by atoms with van der Waals surface area (Å²) < 4.78 is 42.4. The van der Waals surface area contributed by atoms with Crippen LogP contribution in [0.25, 0.3) is 16.0 Å². The molecule has 0 fully saturated rings. The molecular formula is C17H8ClF3N4O2S2. The third-order valence-electron chi connectivity index (χ3n) is 3.89. The van der Waals surface area contributed by atoms with E-state index in [2.05, 4.69) is 15.0 Å². The minimum absolute atomic E-state index is 0.0184. The number of pyridine rings is 1. The van der Waals surface area contributed by atoms with Gasteiger partial charge in [-0.15, -0.1) is 11.3 Å². The predicted octanol–water partition coefficient (Wildman–Crippen LogP) is 3.89. The molecule has 0 aliphatic heterocycles. The smallest absolute Gasteiger partial charge is 0.284 e. The van der Waals surface area contributed by atoms with E-state index in [1.807, 2.05) is 0 Å². The Labute approximate surface area is 173 Å². The van der Waals surface area contributed by atoms with Crippen LogP contribution in [0.15, 0.2) is 44.7 Å². The topological polar surface area (TPSA) is 80.6 Å². The number of halogens is 4. The van der Waals surface area contributed by atoms with Crippen molar-refractivity contribution in [3.05, 3.63) is 78.7 Å². The lowest BCUT2D eigenvalue weighted by atomic mass is 10.2. The van der Waals surface area contributed by atoms with Gasteiger partial charge in [0.1, 0.15) is 16.3 Å². The molecule has 4 aromatic rings. The zero-order chi connectivity index (χ0) is 20.7. The van der Waals surface area contributed by atoms with Crippen LogP contribution in [0, 0.1) is 17.5 Å². The Kier molecular flexibility index (Phi) is 5.19. The van der Waals surface area contributed by atoms with Crippen LogP contribution in [0.5, 0.6) is 0 Å². The van der Waals surface area contributed by atoms with E-state index in [1.54, 1.807) is 0 Å². The molecule has 0 saturated carbocycles. The number of aromatic amines is 1. The monoisotopic (exact) mass is 456 g/mol. The molecule has 1 N–H and O–H groups in total. The molecule has 0 aliphatic carbocycles. The van der Waals surface area contributed by atoms with E-state index in [-0.39, 0.29) is 37.5 Å². The summed E-state index contributed by atoms with van der Waals surface area (Å²) in [4.78, 5) is 34.7. The number of aromatic nitrogens is 4. The van der Waals surface area contributed by atoms with E-state index in [0.29, 0.717) is 6.07 Å². The normalized spacial score (nSPS) is 11.3. The lowest BCUT2D eigenvalue weighted by Crippen LogP contribution is -2.23. The molecule has 6 nitrogen and oxygen atoms in total. The highest BCUT2D eigenvalue weighted by molar-refractivity contribution is 7.98. The summed E-state index contributed by atoms with van der Waals surface area (Å²) >= 11 is 7.90. The molecule has 3 heterocycles. The Morgan fingerprint density at radius 3 is 2.69 bits per heavy atom. The van der Waals surface area contributed by atoms with Gasteiger partial charge in [0.25, 0.3) is 11.1 Å². The number of benzene rings is 1. The van der Waals surface area contributed by atoms with Crippen LogP contribution in [0.4, 0.5) is 13.2 Å². The molecule has 0 atom stereocenters. The molecule has 3 aromatic heterocycles. The van der Waals surface area contributed by atoms with Gasteiger partial charge in [-0.3, -0.25) is 14.2 Å². The Bertz CT molecular complexity index is 1350. The molecule has 4 rings (SSSR count). The highest BCUT2D eigenvalue weighted by atomic mass is 35.5. The first-order chi connectivity index (χ1) is 13.8. The maximum absolute atomic E-state index is 14.1. The van der Waals surface area contributed by atoms with Gasteiger partial charge < -0.3 is 4.98 Å². The van der Waals surface area contributed by atoms with Crippen molar-refractivity contribution in [3.8, 4) is 5.69 Å². The van der Waals surface area contributed by atoms with E-state index in [0.717, 1.165) is 46.0 Å². The number of fused-ring (bicyclic) bond motifs is 1. The molecule has 29 heavy (non-hydrogen) atoms. The fourth-order valence-electron chi connectivity index (χ4n) is 2.54. The average Bonchev–Trinajstić information content (AvgIpc) is 3.12. The van der Waals surface area contributed by atoms with Gasteiger partial charge in [0.2, 0.25) is 0 Å². The Morgan fingerprint density at radius 2 is 1.97 bits per heavy atom. The Balaban J connectivity index is 1.84. The zero-order valence-electron chi connectivity index (χ0n) is 14.1. The first-order valence-electron chi connectivity index (χ1n) is 7.86. The second-order valence-electron chi connectivity index (χ2n) is 5.71. The molecule has 0 amide bonds. The average molecular weight is 457 g/mol. The van der Waals surface area contributed by atoms with E-state index < -0.39 is 28.6 Å². The molecule has 0 unspecified atom stereocenters. The Morgan fingerprint density at radius 1 is 1.17 bits per heavy atom. The lowest BCUT2D eigenvalue weighted by molar-refractivity contribution is 0.577. The van der Waals surface area contributed by atoms with Crippen LogP contribution >= 0.6 is 34.7 Å². The minimum atomic E-state index is -1.08. The Hall–Kier alpha value is -2.63. The number of thioether (sulfide) groups is 1. The van der Waals surface area contributed by atoms with Crippen LogP contribution < -0.4 is 11.1 Å². The van der Waals surface area contributed by atoms with E-state index in [1.165, 1.54) is 5.51 Å². The van der Waals surface area contributed by atoms with Gasteiger partial charge in [-0.1, -0.05) is 23.4 Å². The van der Waals surface area contributed by atoms with E-state index >= 15 is 0 Å². The second kappa shape index (κ2) is 7.65. The number of nitrogens with zero attached hydrogens (tertiary/aromatic N) is 3. The fourth-order valence-corrected chi connectivity index (χ4v) is 4.57. The van der Waals surface area contributed by atoms with Crippen LogP contribution in [-0.4, -0.2) is 19.5 Å². The van der Waals surface area contributed by atoms with Gasteiger partial charge in [-0.05, 0) is 6.07 Å². The first-order valence-corrected chi connectivity index (χ1v) is 10.1. The first kappa shape index (κ1) is 19.7. The van der Waals surface area contributed by atoms with Gasteiger partial charge in [-0.2, -0.15) is 0 Å². The maximum Gasteiger partial charge on any atom is 0.284 e. The molecule has 1 aromatic carbocycles. The number of thiazole rings is 1. The molecule has 12 heteroatoms. The number of hydrogen-bond acceptors (Lipinski definition) is 6. The summed E-state index contributed by atoms with van der Waals surface area (Å²) in [7, 11) is 0. The number of H-pyrrole nitrogens is 1. The molecule has 0 spiro atoms. The van der Waals surface area contributed by atoms with Gasteiger partial charge in [0, 0.05) is 29.6 Å². The summed E-state index contributed by atoms with van der Waals surface area (Å²) in [5, 5.41) is -0.0478. The number of hydrogen-bond donors (Lipinski definition) is 1. The molecule has 148 valence electrons. The highest BCUT2D eigenvalue weighted by Gasteiger charge is 2.18. The summed E-state index contributed by atoms with van der Waals surface area (Å²) in [6, 6.07) is 2.56. The van der Waals surface area contributed by atoms with Crippen molar-refractivity contribution >= 4 is 45.0 Å². The van der Waals surface area contributed by atoms with Crippen molar-refractivity contribution in [1.82, 2.24) is 19.5 Å². The standard InChI is InChI=1S/C17H8ClF3N4O2S2/c18-10-1-7(19)2-11(20)9(10)5-28-17-24-14-13(29-6-23-14)16(27)25(17)8-3-12(21)15(26)22-4-8/h1-4,6H,5H2,(H,22,26). The third-order valence-corrected chi connectivity index (χ3v) is 6.00. The summed E-state index contributed by atoms with van der Waals surface area (Å²) in [6.07, 6.45) is 1.16. The largest absolute Gasteiger partial charge is 0.324 e.